The lowest BCUT2D eigenvalue weighted by Gasteiger charge is -2.09. The Hall–Kier alpha value is -1.45. The fourth-order valence-electron chi connectivity index (χ4n) is 1.24. The lowest BCUT2D eigenvalue weighted by Crippen LogP contribution is -2.07. The monoisotopic (exact) mass is 214 g/mol. The van der Waals surface area contributed by atoms with Crippen LogP contribution in [0, 0.1) is 6.92 Å². The Bertz CT molecular complexity index is 362. The molecule has 4 heteroatoms. The number of carbonyl (C=O) groups is 1. The molecule has 0 fully saturated rings. The number of ketones is 1. The molecule has 0 bridgehead atoms. The molecule has 1 aromatic rings. The molecular weight excluding hydrogens is 202 g/mol. The number of benzene rings is 1. The average molecular weight is 214 g/mol. The van der Waals surface area contributed by atoms with Crippen molar-refractivity contribution in [2.45, 2.75) is 26.9 Å². The number of hydrogen-bond donors (Lipinski definition) is 0. The number of aryl methyl sites for hydroxylation is 1. The van der Waals surface area contributed by atoms with Gasteiger partial charge in [0.05, 0.1) is 5.56 Å². The molecule has 0 spiro atoms. The molecule has 15 heavy (non-hydrogen) atoms. The van der Waals surface area contributed by atoms with Crippen LogP contribution in [0.3, 0.4) is 0 Å². The van der Waals surface area contributed by atoms with E-state index in [1.54, 1.807) is 19.9 Å². The summed E-state index contributed by atoms with van der Waals surface area (Å²) in [5.41, 5.74) is 0.988. The molecule has 0 radical (unpaired) electrons. The van der Waals surface area contributed by atoms with E-state index in [4.69, 9.17) is 0 Å². The van der Waals surface area contributed by atoms with Crippen LogP contribution < -0.4 is 4.74 Å². The fraction of sp³-hybridized carbons (Fsp3) is 0.364. The zero-order chi connectivity index (χ0) is 11.4. The Labute approximate surface area is 86.9 Å². The predicted octanol–water partition coefficient (Wildman–Crippen LogP) is 3.19. The second-order valence-corrected chi connectivity index (χ2v) is 3.15. The Kier molecular flexibility index (Phi) is 3.77. The minimum absolute atomic E-state index is 0.0446. The van der Waals surface area contributed by atoms with Gasteiger partial charge in [0.15, 0.2) is 5.78 Å². The van der Waals surface area contributed by atoms with Crippen LogP contribution >= 0.6 is 0 Å². The summed E-state index contributed by atoms with van der Waals surface area (Å²) in [4.78, 5) is 11.4. The molecule has 0 aromatic heterocycles. The van der Waals surface area contributed by atoms with Crippen molar-refractivity contribution in [3.05, 3.63) is 29.3 Å². The van der Waals surface area contributed by atoms with Gasteiger partial charge in [-0.3, -0.25) is 4.79 Å². The van der Waals surface area contributed by atoms with Crippen LogP contribution in [0.25, 0.3) is 0 Å². The lowest BCUT2D eigenvalue weighted by atomic mass is 10.1. The summed E-state index contributed by atoms with van der Waals surface area (Å²) in [6.07, 6.45) is 0.267. The van der Waals surface area contributed by atoms with Gasteiger partial charge in [0.2, 0.25) is 0 Å². The molecule has 0 atom stereocenters. The third-order valence-corrected chi connectivity index (χ3v) is 1.97. The van der Waals surface area contributed by atoms with Gasteiger partial charge in [0.25, 0.3) is 0 Å². The summed E-state index contributed by atoms with van der Waals surface area (Å²) in [6, 6.07) is 4.65. The van der Waals surface area contributed by atoms with E-state index in [9.17, 15) is 13.6 Å². The summed E-state index contributed by atoms with van der Waals surface area (Å²) in [6.45, 7) is 0.516. The normalized spacial score (nSPS) is 10.5. The second-order valence-electron chi connectivity index (χ2n) is 3.15. The van der Waals surface area contributed by atoms with Gasteiger partial charge < -0.3 is 4.74 Å². The maximum absolute atomic E-state index is 12.1. The first-order valence-electron chi connectivity index (χ1n) is 4.63. The van der Waals surface area contributed by atoms with Gasteiger partial charge in [-0.25, -0.2) is 0 Å². The van der Waals surface area contributed by atoms with Crippen molar-refractivity contribution >= 4 is 5.78 Å². The van der Waals surface area contributed by atoms with Crippen LogP contribution in [0.1, 0.15) is 29.3 Å². The first-order chi connectivity index (χ1) is 7.04. The maximum Gasteiger partial charge on any atom is 0.387 e. The molecule has 0 saturated heterocycles. The standard InChI is InChI=1S/C11H12F2O2/c1-3-9(14)8-5-4-7(2)6-10(8)15-11(12)13/h4-6,11H,3H2,1-2H3. The van der Waals surface area contributed by atoms with Gasteiger partial charge in [-0.05, 0) is 24.6 Å². The molecule has 0 aliphatic heterocycles. The van der Waals surface area contributed by atoms with E-state index in [2.05, 4.69) is 4.74 Å². The first kappa shape index (κ1) is 11.6. The smallest absolute Gasteiger partial charge is 0.387 e. The van der Waals surface area contributed by atoms with Crippen molar-refractivity contribution in [3.8, 4) is 5.75 Å². The van der Waals surface area contributed by atoms with Crippen LogP contribution in [-0.2, 0) is 0 Å². The molecule has 0 saturated carbocycles. The SMILES string of the molecule is CCC(=O)c1ccc(C)cc1OC(F)F. The average Bonchev–Trinajstić information content (AvgIpc) is 2.16. The number of hydrogen-bond acceptors (Lipinski definition) is 2. The number of ether oxygens (including phenoxy) is 1. The van der Waals surface area contributed by atoms with E-state index in [-0.39, 0.29) is 23.5 Å². The quantitative estimate of drug-likeness (QED) is 0.719. The third-order valence-electron chi connectivity index (χ3n) is 1.97. The summed E-state index contributed by atoms with van der Waals surface area (Å²) in [7, 11) is 0. The van der Waals surface area contributed by atoms with Crippen molar-refractivity contribution in [1.82, 2.24) is 0 Å². The predicted molar refractivity (Wildman–Crippen MR) is 52.4 cm³/mol. The zero-order valence-corrected chi connectivity index (χ0v) is 8.59. The molecular formula is C11H12F2O2. The van der Waals surface area contributed by atoms with Crippen LogP contribution in [0.4, 0.5) is 8.78 Å². The fourth-order valence-corrected chi connectivity index (χ4v) is 1.24. The number of alkyl halides is 2. The van der Waals surface area contributed by atoms with Gasteiger partial charge in [-0.15, -0.1) is 0 Å². The Morgan fingerprint density at radius 3 is 2.67 bits per heavy atom. The van der Waals surface area contributed by atoms with Crippen molar-refractivity contribution < 1.29 is 18.3 Å². The lowest BCUT2D eigenvalue weighted by molar-refractivity contribution is -0.0501. The van der Waals surface area contributed by atoms with Crippen molar-refractivity contribution in [3.63, 3.8) is 0 Å². The van der Waals surface area contributed by atoms with E-state index in [1.165, 1.54) is 12.1 Å². The molecule has 82 valence electrons. The minimum Gasteiger partial charge on any atom is -0.434 e. The third kappa shape index (κ3) is 3.01. The van der Waals surface area contributed by atoms with Crippen LogP contribution in [-0.4, -0.2) is 12.4 Å². The van der Waals surface area contributed by atoms with E-state index >= 15 is 0 Å². The van der Waals surface area contributed by atoms with Crippen LogP contribution in [0.2, 0.25) is 0 Å². The molecule has 0 N–H and O–H groups in total. The van der Waals surface area contributed by atoms with Crippen molar-refractivity contribution in [2.75, 3.05) is 0 Å². The first-order valence-corrected chi connectivity index (χ1v) is 4.63. The highest BCUT2D eigenvalue weighted by Gasteiger charge is 2.14. The minimum atomic E-state index is -2.91. The summed E-state index contributed by atoms with van der Waals surface area (Å²) in [5, 5.41) is 0. The van der Waals surface area contributed by atoms with E-state index in [1.807, 2.05) is 0 Å². The number of carbonyl (C=O) groups excluding carboxylic acids is 1. The summed E-state index contributed by atoms with van der Waals surface area (Å²) in [5.74, 6) is -0.248. The van der Waals surface area contributed by atoms with E-state index < -0.39 is 6.61 Å². The highest BCUT2D eigenvalue weighted by molar-refractivity contribution is 5.98. The van der Waals surface area contributed by atoms with Crippen LogP contribution in [0.5, 0.6) is 5.75 Å². The molecule has 1 aromatic carbocycles. The Morgan fingerprint density at radius 1 is 1.47 bits per heavy atom. The van der Waals surface area contributed by atoms with Gasteiger partial charge in [0.1, 0.15) is 5.75 Å². The molecule has 0 heterocycles. The van der Waals surface area contributed by atoms with Crippen molar-refractivity contribution in [1.29, 1.82) is 0 Å². The van der Waals surface area contributed by atoms with E-state index in [0.717, 1.165) is 5.56 Å². The molecule has 2 nitrogen and oxygen atoms in total. The van der Waals surface area contributed by atoms with Gasteiger partial charge in [0, 0.05) is 6.42 Å². The Morgan fingerprint density at radius 2 is 2.13 bits per heavy atom. The number of Topliss-reactive ketones (excluding diaryl/α,β-unsaturated/α-hetero) is 1. The second kappa shape index (κ2) is 4.87. The molecule has 0 unspecified atom stereocenters. The molecule has 0 amide bonds. The number of halogens is 2. The largest absolute Gasteiger partial charge is 0.434 e. The summed E-state index contributed by atoms with van der Waals surface area (Å²) >= 11 is 0. The van der Waals surface area contributed by atoms with Crippen molar-refractivity contribution in [2.24, 2.45) is 0 Å². The van der Waals surface area contributed by atoms with Gasteiger partial charge in [-0.2, -0.15) is 8.78 Å². The summed E-state index contributed by atoms with van der Waals surface area (Å²) < 4.78 is 28.4. The molecule has 0 aliphatic rings. The van der Waals surface area contributed by atoms with Gasteiger partial charge >= 0.3 is 6.61 Å². The topological polar surface area (TPSA) is 26.3 Å². The van der Waals surface area contributed by atoms with Gasteiger partial charge in [-0.1, -0.05) is 13.0 Å². The number of rotatable bonds is 4. The zero-order valence-electron chi connectivity index (χ0n) is 8.59. The highest BCUT2D eigenvalue weighted by atomic mass is 19.3. The van der Waals surface area contributed by atoms with Crippen LogP contribution in [0.15, 0.2) is 18.2 Å². The Balaban J connectivity index is 3.08. The molecule has 1 rings (SSSR count). The molecule has 0 aliphatic carbocycles. The highest BCUT2D eigenvalue weighted by Crippen LogP contribution is 2.23. The maximum atomic E-state index is 12.1. The van der Waals surface area contributed by atoms with E-state index in [0.29, 0.717) is 0 Å².